The van der Waals surface area contributed by atoms with Gasteiger partial charge in [-0.2, -0.15) is 0 Å². The molecular weight excluding hydrogens is 462 g/mol. The normalized spacial score (nSPS) is 13.2. The topological polar surface area (TPSA) is 234 Å². The van der Waals surface area contributed by atoms with Gasteiger partial charge in [0.25, 0.3) is 0 Å². The van der Waals surface area contributed by atoms with E-state index in [1.165, 1.54) is 12.1 Å². The first-order valence-corrected chi connectivity index (χ1v) is 11.1. The number of benzene rings is 1. The Bertz CT molecular complexity index is 877. The highest BCUT2D eigenvalue weighted by molar-refractivity contribution is 5.93. The summed E-state index contributed by atoms with van der Waals surface area (Å²) in [5, 5.41) is 34.2. The molecule has 35 heavy (non-hydrogen) atoms. The Kier molecular flexibility index (Phi) is 12.8. The smallest absolute Gasteiger partial charge is 0.322 e. The molecule has 10 N–H and O–H groups in total. The van der Waals surface area contributed by atoms with Crippen LogP contribution in [0.15, 0.2) is 24.3 Å². The summed E-state index contributed by atoms with van der Waals surface area (Å²) in [7, 11) is 0. The van der Waals surface area contributed by atoms with Crippen LogP contribution in [0.25, 0.3) is 0 Å². The van der Waals surface area contributed by atoms with Crippen molar-refractivity contribution in [2.24, 2.45) is 11.5 Å². The Morgan fingerprint density at radius 2 is 1.43 bits per heavy atom. The number of carboxylic acid groups (broad SMARTS) is 2. The molecule has 0 aromatic heterocycles. The summed E-state index contributed by atoms with van der Waals surface area (Å²) >= 11 is 0. The van der Waals surface area contributed by atoms with E-state index < -0.39 is 60.8 Å². The van der Waals surface area contributed by atoms with E-state index in [-0.39, 0.29) is 25.0 Å². The number of nitrogens with one attached hydrogen (secondary N) is 3. The minimum atomic E-state index is -1.30. The van der Waals surface area contributed by atoms with Crippen LogP contribution in [0.4, 0.5) is 0 Å². The van der Waals surface area contributed by atoms with Crippen molar-refractivity contribution in [2.75, 3.05) is 13.1 Å². The SMILES string of the molecule is NCCCCC(NC(=O)C(CCC(=O)O)NC(=O)C(N)Cc1ccc(O)cc1)C(=O)NCC(=O)O. The molecule has 1 aromatic carbocycles. The summed E-state index contributed by atoms with van der Waals surface area (Å²) in [4.78, 5) is 59.7. The first-order valence-electron chi connectivity index (χ1n) is 11.1. The molecule has 0 aliphatic rings. The zero-order valence-electron chi connectivity index (χ0n) is 19.2. The van der Waals surface area contributed by atoms with Gasteiger partial charge in [0, 0.05) is 6.42 Å². The molecule has 0 aliphatic heterocycles. The van der Waals surface area contributed by atoms with Crippen molar-refractivity contribution < 1.29 is 39.3 Å². The van der Waals surface area contributed by atoms with Gasteiger partial charge in [0.2, 0.25) is 17.7 Å². The maximum Gasteiger partial charge on any atom is 0.322 e. The summed E-state index contributed by atoms with van der Waals surface area (Å²) in [6.45, 7) is -0.291. The van der Waals surface area contributed by atoms with Gasteiger partial charge >= 0.3 is 11.9 Å². The molecule has 0 aliphatic carbocycles. The Hall–Kier alpha value is -3.71. The zero-order valence-corrected chi connectivity index (χ0v) is 19.2. The molecule has 0 radical (unpaired) electrons. The van der Waals surface area contributed by atoms with Crippen molar-refractivity contribution in [1.82, 2.24) is 16.0 Å². The lowest BCUT2D eigenvalue weighted by atomic mass is 10.0. The molecule has 13 heteroatoms. The molecule has 0 heterocycles. The summed E-state index contributed by atoms with van der Waals surface area (Å²) in [5.74, 6) is -4.65. The molecule has 1 rings (SSSR count). The lowest BCUT2D eigenvalue weighted by Crippen LogP contribution is -2.56. The Labute approximate surface area is 202 Å². The fraction of sp³-hybridized carbons (Fsp3) is 0.500. The largest absolute Gasteiger partial charge is 0.508 e. The van der Waals surface area contributed by atoms with Gasteiger partial charge in [-0.25, -0.2) is 0 Å². The first-order chi connectivity index (χ1) is 16.5. The summed E-state index contributed by atoms with van der Waals surface area (Å²) in [6.07, 6.45) is 0.586. The lowest BCUT2D eigenvalue weighted by molar-refractivity contribution is -0.138. The summed E-state index contributed by atoms with van der Waals surface area (Å²) < 4.78 is 0. The predicted molar refractivity (Wildman–Crippen MR) is 124 cm³/mol. The molecule has 1 aromatic rings. The second-order valence-corrected chi connectivity index (χ2v) is 7.93. The number of phenolic OH excluding ortho intramolecular Hbond substituents is 1. The van der Waals surface area contributed by atoms with Gasteiger partial charge in [-0.15, -0.1) is 0 Å². The summed E-state index contributed by atoms with van der Waals surface area (Å²) in [6, 6.07) is 2.56. The van der Waals surface area contributed by atoms with Crippen molar-refractivity contribution in [2.45, 2.75) is 56.7 Å². The third-order valence-electron chi connectivity index (χ3n) is 5.00. The third kappa shape index (κ3) is 11.8. The predicted octanol–water partition coefficient (Wildman–Crippen LogP) is -1.57. The maximum absolute atomic E-state index is 12.9. The molecule has 0 spiro atoms. The lowest BCUT2D eigenvalue weighted by Gasteiger charge is -2.24. The second-order valence-electron chi connectivity index (χ2n) is 7.93. The van der Waals surface area contributed by atoms with E-state index in [0.717, 1.165) is 0 Å². The van der Waals surface area contributed by atoms with E-state index in [1.807, 2.05) is 0 Å². The van der Waals surface area contributed by atoms with Crippen LogP contribution in [-0.4, -0.2) is 76.2 Å². The van der Waals surface area contributed by atoms with Crippen LogP contribution in [0.1, 0.15) is 37.7 Å². The number of amides is 3. The van der Waals surface area contributed by atoms with Gasteiger partial charge in [0.05, 0.1) is 6.04 Å². The average molecular weight is 496 g/mol. The van der Waals surface area contributed by atoms with E-state index in [9.17, 15) is 29.1 Å². The Morgan fingerprint density at radius 1 is 0.829 bits per heavy atom. The number of carboxylic acids is 2. The van der Waals surface area contributed by atoms with E-state index in [4.69, 9.17) is 21.7 Å². The minimum absolute atomic E-state index is 0.0468. The number of nitrogens with two attached hydrogens (primary N) is 2. The first kappa shape index (κ1) is 29.3. The highest BCUT2D eigenvalue weighted by Gasteiger charge is 2.28. The number of hydrogen-bond donors (Lipinski definition) is 8. The second kappa shape index (κ2) is 15.2. The van der Waals surface area contributed by atoms with E-state index in [0.29, 0.717) is 24.9 Å². The van der Waals surface area contributed by atoms with Gasteiger partial charge in [-0.3, -0.25) is 24.0 Å². The maximum atomic E-state index is 12.9. The van der Waals surface area contributed by atoms with Crippen molar-refractivity contribution >= 4 is 29.7 Å². The number of aromatic hydroxyl groups is 1. The fourth-order valence-electron chi connectivity index (χ4n) is 3.11. The van der Waals surface area contributed by atoms with Gasteiger partial charge in [-0.05, 0) is 56.3 Å². The van der Waals surface area contributed by atoms with Crippen molar-refractivity contribution in [1.29, 1.82) is 0 Å². The quantitative estimate of drug-likeness (QED) is 0.123. The van der Waals surface area contributed by atoms with Crippen LogP contribution >= 0.6 is 0 Å². The van der Waals surface area contributed by atoms with Crippen molar-refractivity contribution in [3.8, 4) is 5.75 Å². The molecule has 0 saturated carbocycles. The van der Waals surface area contributed by atoms with Crippen molar-refractivity contribution in [3.63, 3.8) is 0 Å². The molecule has 3 atom stereocenters. The molecule has 194 valence electrons. The van der Waals surface area contributed by atoms with Crippen LogP contribution in [0.3, 0.4) is 0 Å². The molecule has 0 bridgehead atoms. The van der Waals surface area contributed by atoms with E-state index >= 15 is 0 Å². The fourth-order valence-corrected chi connectivity index (χ4v) is 3.11. The molecule has 0 saturated heterocycles. The summed E-state index contributed by atoms with van der Waals surface area (Å²) in [5.41, 5.74) is 12.1. The third-order valence-corrected chi connectivity index (χ3v) is 5.00. The van der Waals surface area contributed by atoms with E-state index in [2.05, 4.69) is 16.0 Å². The van der Waals surface area contributed by atoms with Gasteiger partial charge < -0.3 is 42.7 Å². The molecule has 3 amide bonds. The highest BCUT2D eigenvalue weighted by atomic mass is 16.4. The number of rotatable bonds is 16. The monoisotopic (exact) mass is 495 g/mol. The highest BCUT2D eigenvalue weighted by Crippen LogP contribution is 2.11. The van der Waals surface area contributed by atoms with Crippen LogP contribution in [0.5, 0.6) is 5.75 Å². The number of phenols is 1. The van der Waals surface area contributed by atoms with E-state index in [1.54, 1.807) is 12.1 Å². The van der Waals surface area contributed by atoms with Crippen LogP contribution in [0.2, 0.25) is 0 Å². The van der Waals surface area contributed by atoms with Crippen LogP contribution in [-0.2, 0) is 30.4 Å². The number of carbonyl (C=O) groups excluding carboxylic acids is 3. The average Bonchev–Trinajstić information content (AvgIpc) is 2.80. The minimum Gasteiger partial charge on any atom is -0.508 e. The van der Waals surface area contributed by atoms with Crippen LogP contribution < -0.4 is 27.4 Å². The number of aliphatic carboxylic acids is 2. The zero-order chi connectivity index (χ0) is 26.4. The van der Waals surface area contributed by atoms with Gasteiger partial charge in [-0.1, -0.05) is 12.1 Å². The molecule has 0 fully saturated rings. The van der Waals surface area contributed by atoms with Crippen molar-refractivity contribution in [3.05, 3.63) is 29.8 Å². The van der Waals surface area contributed by atoms with Gasteiger partial charge in [0.1, 0.15) is 24.4 Å². The van der Waals surface area contributed by atoms with Gasteiger partial charge in [0.15, 0.2) is 0 Å². The van der Waals surface area contributed by atoms with Crippen LogP contribution in [0, 0.1) is 0 Å². The Morgan fingerprint density at radius 3 is 2.00 bits per heavy atom. The molecule has 3 unspecified atom stereocenters. The number of hydrogen-bond acceptors (Lipinski definition) is 8. The standard InChI is InChI=1S/C22H33N5O8/c23-10-2-1-3-16(21(34)25-12-19(31)32)27-22(35)17(8-9-18(29)30)26-20(33)15(24)11-13-4-6-14(28)7-5-13/h4-7,15-17,28H,1-3,8-12,23-24H2,(H,25,34)(H,26,33)(H,27,35)(H,29,30)(H,31,32). The molecular formula is C22H33N5O8. The number of carbonyl (C=O) groups is 5. The number of unbranched alkanes of at least 4 members (excludes halogenated alkanes) is 1. The molecule has 13 nitrogen and oxygen atoms in total. The Balaban J connectivity index is 2.89.